The predicted octanol–water partition coefficient (Wildman–Crippen LogP) is 5.37. The maximum atomic E-state index is 5.58. The molecule has 3 nitrogen and oxygen atoms in total. The van der Waals surface area contributed by atoms with E-state index in [9.17, 15) is 0 Å². The first-order valence-corrected chi connectivity index (χ1v) is 10.7. The third-order valence-electron chi connectivity index (χ3n) is 7.16. The minimum atomic E-state index is 0. The monoisotopic (exact) mass is 410 g/mol. The number of H-pyrrole nitrogens is 1. The van der Waals surface area contributed by atoms with Gasteiger partial charge in [0.2, 0.25) is 0 Å². The molecule has 1 aliphatic heterocycles. The molecule has 2 unspecified atom stereocenters. The summed E-state index contributed by atoms with van der Waals surface area (Å²) in [5.74, 6) is 1.62. The van der Waals surface area contributed by atoms with Crippen molar-refractivity contribution in [3.05, 3.63) is 65.4 Å². The van der Waals surface area contributed by atoms with Crippen LogP contribution in [0.25, 0.3) is 10.9 Å². The highest BCUT2D eigenvalue weighted by atomic mass is 35.5. The summed E-state index contributed by atoms with van der Waals surface area (Å²) in [6, 6.07) is 17.7. The maximum absolute atomic E-state index is 5.58. The number of hydrogen-bond donors (Lipinski definition) is 1. The molecule has 1 aromatic heterocycles. The number of para-hydroxylation sites is 1. The molecule has 1 fully saturated rings. The number of piperidine rings is 1. The highest BCUT2D eigenvalue weighted by molar-refractivity contribution is 5.85. The number of nitrogens with one attached hydrogen (secondary N) is 1. The number of methoxy groups -OCH3 is 1. The van der Waals surface area contributed by atoms with Crippen molar-refractivity contribution in [2.45, 2.75) is 38.0 Å². The van der Waals surface area contributed by atoms with Gasteiger partial charge in [-0.3, -0.25) is 0 Å². The fourth-order valence-corrected chi connectivity index (χ4v) is 5.77. The Labute approximate surface area is 179 Å². The smallest absolute Gasteiger partial charge is 0.119 e. The lowest BCUT2D eigenvalue weighted by molar-refractivity contribution is 0.0815. The van der Waals surface area contributed by atoms with Crippen LogP contribution in [0.4, 0.5) is 0 Å². The fourth-order valence-electron chi connectivity index (χ4n) is 5.77. The topological polar surface area (TPSA) is 28.3 Å². The molecular weight excluding hydrogens is 380 g/mol. The Morgan fingerprint density at radius 3 is 2.86 bits per heavy atom. The lowest BCUT2D eigenvalue weighted by Gasteiger charge is -2.51. The molecule has 0 amide bonds. The zero-order chi connectivity index (χ0) is 19.1. The summed E-state index contributed by atoms with van der Waals surface area (Å²) in [6.45, 7) is 5.90. The molecule has 5 rings (SSSR count). The van der Waals surface area contributed by atoms with Crippen molar-refractivity contribution in [3.8, 4) is 5.75 Å². The second-order valence-corrected chi connectivity index (χ2v) is 8.64. The molecule has 1 aliphatic carbocycles. The zero-order valence-electron chi connectivity index (χ0n) is 17.4. The quantitative estimate of drug-likeness (QED) is 0.626. The largest absolute Gasteiger partial charge is 0.497 e. The van der Waals surface area contributed by atoms with Crippen molar-refractivity contribution in [3.63, 3.8) is 0 Å². The second kappa shape index (κ2) is 8.04. The Balaban J connectivity index is 0.00000205. The molecule has 2 aromatic carbocycles. The lowest BCUT2D eigenvalue weighted by Crippen LogP contribution is -2.53. The average molecular weight is 411 g/mol. The third-order valence-corrected chi connectivity index (χ3v) is 7.16. The number of benzene rings is 2. The van der Waals surface area contributed by atoms with Crippen LogP contribution >= 0.6 is 12.4 Å². The normalized spacial score (nSPS) is 23.9. The molecule has 2 aliphatic rings. The molecule has 0 radical (unpaired) electrons. The van der Waals surface area contributed by atoms with E-state index in [1.54, 1.807) is 12.7 Å². The van der Waals surface area contributed by atoms with E-state index in [2.05, 4.69) is 65.3 Å². The van der Waals surface area contributed by atoms with Gasteiger partial charge in [0.05, 0.1) is 7.11 Å². The van der Waals surface area contributed by atoms with E-state index in [4.69, 9.17) is 4.74 Å². The number of hydrogen-bond acceptors (Lipinski definition) is 2. The summed E-state index contributed by atoms with van der Waals surface area (Å²) in [5.41, 5.74) is 5.95. The molecule has 0 saturated carbocycles. The first-order valence-electron chi connectivity index (χ1n) is 10.7. The van der Waals surface area contributed by atoms with Crippen molar-refractivity contribution in [1.82, 2.24) is 9.88 Å². The number of halogens is 1. The summed E-state index contributed by atoms with van der Waals surface area (Å²) >= 11 is 0. The number of fused-ring (bicyclic) bond motifs is 4. The van der Waals surface area contributed by atoms with Crippen LogP contribution in [-0.4, -0.2) is 36.6 Å². The Kier molecular flexibility index (Phi) is 5.63. The average Bonchev–Trinajstić information content (AvgIpc) is 3.09. The van der Waals surface area contributed by atoms with Gasteiger partial charge in [-0.1, -0.05) is 37.3 Å². The number of ether oxygens (including phenoxy) is 1. The van der Waals surface area contributed by atoms with Gasteiger partial charge in [-0.2, -0.15) is 0 Å². The van der Waals surface area contributed by atoms with Crippen LogP contribution in [0.5, 0.6) is 5.75 Å². The van der Waals surface area contributed by atoms with Gasteiger partial charge < -0.3 is 14.6 Å². The first kappa shape index (κ1) is 20.3. The van der Waals surface area contributed by atoms with E-state index in [1.807, 2.05) is 0 Å². The summed E-state index contributed by atoms with van der Waals surface area (Å²) < 4.78 is 5.58. The second-order valence-electron chi connectivity index (χ2n) is 8.64. The number of nitrogens with zero attached hydrogens (tertiary/aromatic N) is 1. The molecular formula is C25H31ClN2O. The molecule has 3 aromatic rings. The first-order chi connectivity index (χ1) is 13.7. The van der Waals surface area contributed by atoms with Gasteiger partial charge in [-0.15, -0.1) is 12.4 Å². The van der Waals surface area contributed by atoms with E-state index in [0.29, 0.717) is 5.92 Å². The summed E-state index contributed by atoms with van der Waals surface area (Å²) in [4.78, 5) is 6.45. The van der Waals surface area contributed by atoms with E-state index in [-0.39, 0.29) is 17.8 Å². The van der Waals surface area contributed by atoms with E-state index in [0.717, 1.165) is 18.6 Å². The Morgan fingerprint density at radius 2 is 2.03 bits per heavy atom. The minimum Gasteiger partial charge on any atom is -0.497 e. The van der Waals surface area contributed by atoms with Crippen molar-refractivity contribution >= 4 is 23.3 Å². The Morgan fingerprint density at radius 1 is 1.17 bits per heavy atom. The van der Waals surface area contributed by atoms with Crippen LogP contribution in [0.1, 0.15) is 36.6 Å². The molecule has 2 heterocycles. The number of likely N-dealkylation sites (tertiary alicyclic amines) is 1. The predicted molar refractivity (Wildman–Crippen MR) is 122 cm³/mol. The van der Waals surface area contributed by atoms with Crippen molar-refractivity contribution in [2.75, 3.05) is 26.7 Å². The summed E-state index contributed by atoms with van der Waals surface area (Å²) in [7, 11) is 1.77. The highest BCUT2D eigenvalue weighted by Crippen LogP contribution is 2.49. The van der Waals surface area contributed by atoms with Crippen LogP contribution in [0.2, 0.25) is 0 Å². The summed E-state index contributed by atoms with van der Waals surface area (Å²) in [6.07, 6.45) is 4.72. The molecule has 0 spiro atoms. The third kappa shape index (κ3) is 3.35. The molecule has 154 valence electrons. The van der Waals surface area contributed by atoms with Gasteiger partial charge in [-0.25, -0.2) is 0 Å². The van der Waals surface area contributed by atoms with Crippen LogP contribution in [0.3, 0.4) is 0 Å². The van der Waals surface area contributed by atoms with E-state index < -0.39 is 0 Å². The van der Waals surface area contributed by atoms with Crippen LogP contribution in [-0.2, 0) is 18.3 Å². The Hall–Kier alpha value is -1.97. The SMILES string of the molecule is CCCN1CCC2(c3cccc(OC)c3)Cc3[nH]c4ccccc4c3CC2C1.Cl. The zero-order valence-corrected chi connectivity index (χ0v) is 18.2. The highest BCUT2D eigenvalue weighted by Gasteiger charge is 2.47. The van der Waals surface area contributed by atoms with Gasteiger partial charge in [0.15, 0.2) is 0 Å². The van der Waals surface area contributed by atoms with Gasteiger partial charge >= 0.3 is 0 Å². The minimum absolute atomic E-state index is 0. The van der Waals surface area contributed by atoms with Gasteiger partial charge in [0, 0.05) is 28.6 Å². The molecule has 29 heavy (non-hydrogen) atoms. The van der Waals surface area contributed by atoms with Gasteiger partial charge in [0.1, 0.15) is 5.75 Å². The fraction of sp³-hybridized carbons (Fsp3) is 0.440. The number of aromatic amines is 1. The van der Waals surface area contributed by atoms with Crippen molar-refractivity contribution in [2.24, 2.45) is 5.92 Å². The number of aromatic nitrogens is 1. The Bertz CT molecular complexity index is 997. The van der Waals surface area contributed by atoms with Gasteiger partial charge in [-0.05, 0) is 74.0 Å². The lowest BCUT2D eigenvalue weighted by atomic mass is 9.58. The van der Waals surface area contributed by atoms with E-state index >= 15 is 0 Å². The van der Waals surface area contributed by atoms with Gasteiger partial charge in [0.25, 0.3) is 0 Å². The molecule has 4 heteroatoms. The maximum Gasteiger partial charge on any atom is 0.119 e. The molecule has 0 bridgehead atoms. The standard InChI is InChI=1S/C25H30N2O.ClH/c1-3-12-27-13-11-25(18-7-6-8-20(14-18)28-2)16-24-22(15-19(25)17-27)21-9-4-5-10-23(21)26-24;/h4-10,14,19,26H,3,11-13,15-17H2,1-2H3;1H. The molecule has 1 saturated heterocycles. The number of rotatable bonds is 4. The van der Waals surface area contributed by atoms with Crippen LogP contribution in [0, 0.1) is 5.92 Å². The van der Waals surface area contributed by atoms with Crippen molar-refractivity contribution in [1.29, 1.82) is 0 Å². The van der Waals surface area contributed by atoms with E-state index in [1.165, 1.54) is 54.6 Å². The van der Waals surface area contributed by atoms with Crippen LogP contribution in [0.15, 0.2) is 48.5 Å². The summed E-state index contributed by atoms with van der Waals surface area (Å²) in [5, 5.41) is 1.42. The molecule has 1 N–H and O–H groups in total. The molecule has 2 atom stereocenters. The van der Waals surface area contributed by atoms with Crippen molar-refractivity contribution < 1.29 is 4.74 Å². The van der Waals surface area contributed by atoms with Crippen LogP contribution < -0.4 is 4.74 Å².